The van der Waals surface area contributed by atoms with Gasteiger partial charge in [-0.05, 0) is 49.0 Å². The van der Waals surface area contributed by atoms with Gasteiger partial charge in [-0.3, -0.25) is 18.7 Å². The molecule has 0 amide bonds. The Hall–Kier alpha value is -1.75. The Bertz CT molecular complexity index is 871. The van der Waals surface area contributed by atoms with E-state index in [2.05, 4.69) is 32.1 Å². The van der Waals surface area contributed by atoms with E-state index in [1.165, 1.54) is 5.57 Å². The van der Waals surface area contributed by atoms with Crippen LogP contribution in [-0.2, 0) is 29.5 Å². The number of ether oxygens (including phenoxy) is 2. The van der Waals surface area contributed by atoms with E-state index in [0.717, 1.165) is 25.7 Å². The third-order valence-electron chi connectivity index (χ3n) is 6.93. The van der Waals surface area contributed by atoms with Crippen LogP contribution >= 0.6 is 0 Å². The summed E-state index contributed by atoms with van der Waals surface area (Å²) in [5.74, 6) is 0.755. The van der Waals surface area contributed by atoms with Gasteiger partial charge in [-0.1, -0.05) is 45.9 Å². The summed E-state index contributed by atoms with van der Waals surface area (Å²) in [5.41, 5.74) is 1.27. The molecule has 1 saturated heterocycles. The molecule has 10 heteroatoms. The molecule has 0 aromatic rings. The molecule has 0 spiro atoms. The van der Waals surface area contributed by atoms with Gasteiger partial charge in [0.2, 0.25) is 0 Å². The van der Waals surface area contributed by atoms with Gasteiger partial charge in [0.05, 0.1) is 18.4 Å². The number of fused-ring (bicyclic) bond motifs is 1. The molecule has 9 nitrogen and oxygen atoms in total. The van der Waals surface area contributed by atoms with Crippen LogP contribution in [0, 0.1) is 29.6 Å². The number of carbonyl (C=O) groups excluding carboxylic acids is 2. The molecule has 0 radical (unpaired) electrons. The molecule has 194 valence electrons. The Morgan fingerprint density at radius 1 is 1.24 bits per heavy atom. The molecular weight excluding hydrogens is 464 g/mol. The van der Waals surface area contributed by atoms with Crippen LogP contribution in [0.25, 0.3) is 0 Å². The summed E-state index contributed by atoms with van der Waals surface area (Å²) in [7, 11) is -4.67. The molecular formula is C24H38O9S. The molecule has 0 bridgehead atoms. The minimum absolute atomic E-state index is 0.0854. The van der Waals surface area contributed by atoms with Gasteiger partial charge in [0.15, 0.2) is 0 Å². The Morgan fingerprint density at radius 2 is 1.88 bits per heavy atom. The van der Waals surface area contributed by atoms with E-state index in [0.29, 0.717) is 24.2 Å². The summed E-state index contributed by atoms with van der Waals surface area (Å²) < 4.78 is 43.1. The minimum atomic E-state index is -4.67. The van der Waals surface area contributed by atoms with Crippen molar-refractivity contribution in [1.82, 2.24) is 0 Å². The zero-order chi connectivity index (χ0) is 25.6. The van der Waals surface area contributed by atoms with Crippen LogP contribution in [0.2, 0.25) is 0 Å². The topological polar surface area (TPSA) is 147 Å². The van der Waals surface area contributed by atoms with Gasteiger partial charge in [0.25, 0.3) is 0 Å². The summed E-state index contributed by atoms with van der Waals surface area (Å²) in [6.45, 7) is 8.33. The van der Waals surface area contributed by atoms with Crippen molar-refractivity contribution in [3.8, 4) is 0 Å². The fourth-order valence-corrected chi connectivity index (χ4v) is 5.07. The second-order valence-electron chi connectivity index (χ2n) is 9.80. The lowest BCUT2D eigenvalue weighted by Gasteiger charge is -2.43. The second-order valence-corrected chi connectivity index (χ2v) is 10.7. The molecule has 34 heavy (non-hydrogen) atoms. The molecule has 3 N–H and O–H groups in total. The van der Waals surface area contributed by atoms with Crippen molar-refractivity contribution in [1.29, 1.82) is 0 Å². The first-order valence-electron chi connectivity index (χ1n) is 12.0. The third kappa shape index (κ3) is 8.79. The highest BCUT2D eigenvalue weighted by atomic mass is 32.3. The van der Waals surface area contributed by atoms with Crippen LogP contribution in [0.5, 0.6) is 0 Å². The number of esters is 2. The van der Waals surface area contributed by atoms with Crippen molar-refractivity contribution in [2.24, 2.45) is 29.6 Å². The van der Waals surface area contributed by atoms with Gasteiger partial charge < -0.3 is 14.6 Å². The highest BCUT2D eigenvalue weighted by Gasteiger charge is 2.42. The fourth-order valence-electron chi connectivity index (χ4n) is 5.07. The lowest BCUT2D eigenvalue weighted by molar-refractivity contribution is -0.162. The summed E-state index contributed by atoms with van der Waals surface area (Å²) in [5, 5.41) is 9.89. The number of rotatable bonds is 6. The predicted octanol–water partition coefficient (Wildman–Crippen LogP) is 3.54. The summed E-state index contributed by atoms with van der Waals surface area (Å²) in [4.78, 5) is 24.2. The Labute approximate surface area is 202 Å². The van der Waals surface area contributed by atoms with Crippen LogP contribution in [0.3, 0.4) is 0 Å². The Balaban J connectivity index is 0.000000739. The zero-order valence-electron chi connectivity index (χ0n) is 20.3. The normalized spacial score (nSPS) is 34.0. The average molecular weight is 503 g/mol. The molecule has 8 atom stereocenters. The van der Waals surface area contributed by atoms with Gasteiger partial charge in [0.1, 0.15) is 12.2 Å². The van der Waals surface area contributed by atoms with E-state index in [1.54, 1.807) is 0 Å². The predicted molar refractivity (Wildman–Crippen MR) is 125 cm³/mol. The molecule has 1 aliphatic heterocycles. The average Bonchev–Trinajstić information content (AvgIpc) is 2.70. The molecule has 2 aliphatic carbocycles. The highest BCUT2D eigenvalue weighted by Crippen LogP contribution is 2.45. The summed E-state index contributed by atoms with van der Waals surface area (Å²) in [6, 6.07) is 0. The van der Waals surface area contributed by atoms with Crippen molar-refractivity contribution in [3.05, 3.63) is 23.8 Å². The lowest BCUT2D eigenvalue weighted by Crippen LogP contribution is -2.42. The number of aliphatic hydroxyl groups excluding tert-OH is 1. The van der Waals surface area contributed by atoms with Crippen molar-refractivity contribution < 1.29 is 41.7 Å². The Kier molecular flexibility index (Phi) is 10.3. The molecule has 3 rings (SSSR count). The SMILES string of the molecule is CC[C@H](C)C(=O)O[C@H]1C[C@@H](C)C=C2C=C[C@H](C)[C@H](CC[C@@H]3C[C@@H](O)CC(=O)O3)[C@H]21.O=S(=O)(O)O. The van der Waals surface area contributed by atoms with Crippen LogP contribution in [0.15, 0.2) is 23.8 Å². The van der Waals surface area contributed by atoms with Gasteiger partial charge in [-0.15, -0.1) is 0 Å². The first kappa shape index (κ1) is 28.5. The van der Waals surface area contributed by atoms with E-state index < -0.39 is 16.5 Å². The maximum atomic E-state index is 12.5. The van der Waals surface area contributed by atoms with E-state index in [1.807, 2.05) is 13.8 Å². The van der Waals surface area contributed by atoms with Crippen LogP contribution in [0.4, 0.5) is 0 Å². The number of aliphatic hydroxyl groups is 1. The molecule has 0 aromatic heterocycles. The monoisotopic (exact) mass is 502 g/mol. The smallest absolute Gasteiger partial charge is 0.394 e. The number of hydrogen-bond donors (Lipinski definition) is 3. The number of hydrogen-bond acceptors (Lipinski definition) is 7. The molecule has 0 saturated carbocycles. The summed E-state index contributed by atoms with van der Waals surface area (Å²) in [6.07, 6.45) is 9.70. The Morgan fingerprint density at radius 3 is 2.47 bits per heavy atom. The maximum absolute atomic E-state index is 12.5. The minimum Gasteiger partial charge on any atom is -0.462 e. The van der Waals surface area contributed by atoms with E-state index in [9.17, 15) is 14.7 Å². The van der Waals surface area contributed by atoms with Gasteiger partial charge in [0, 0.05) is 12.3 Å². The standard InChI is InChI=1S/C24H36O5.H2O4S/c1-5-15(3)24(27)29-21-11-14(2)10-17-7-6-16(4)20(23(17)21)9-8-19-12-18(25)13-22(26)28-19;1-5(2,3)4/h6-7,10,14-16,18-21,23,25H,5,8-9,11-13H2,1-4H3;(H2,1,2,3,4)/t14-,15-,16-,18+,19+,20-,21-,23-;/m0./s1. The quantitative estimate of drug-likeness (QED) is 0.366. The van der Waals surface area contributed by atoms with E-state index >= 15 is 0 Å². The van der Waals surface area contributed by atoms with Crippen molar-refractivity contribution in [3.63, 3.8) is 0 Å². The zero-order valence-corrected chi connectivity index (χ0v) is 21.1. The third-order valence-corrected chi connectivity index (χ3v) is 6.93. The van der Waals surface area contributed by atoms with Crippen molar-refractivity contribution >= 4 is 22.3 Å². The lowest BCUT2D eigenvalue weighted by atomic mass is 9.65. The number of allylic oxidation sites excluding steroid dienone is 3. The van der Waals surface area contributed by atoms with Gasteiger partial charge in [-0.25, -0.2) is 0 Å². The molecule has 1 fully saturated rings. The van der Waals surface area contributed by atoms with Crippen LogP contribution in [0.1, 0.15) is 66.2 Å². The molecule has 1 heterocycles. The highest BCUT2D eigenvalue weighted by molar-refractivity contribution is 7.79. The van der Waals surface area contributed by atoms with E-state index in [4.69, 9.17) is 27.0 Å². The van der Waals surface area contributed by atoms with Gasteiger partial charge >= 0.3 is 22.3 Å². The van der Waals surface area contributed by atoms with Crippen molar-refractivity contribution in [2.45, 2.75) is 84.5 Å². The van der Waals surface area contributed by atoms with Crippen molar-refractivity contribution in [2.75, 3.05) is 0 Å². The number of carbonyl (C=O) groups is 2. The maximum Gasteiger partial charge on any atom is 0.394 e. The second kappa shape index (κ2) is 12.3. The van der Waals surface area contributed by atoms with E-state index in [-0.39, 0.29) is 42.4 Å². The van der Waals surface area contributed by atoms with Gasteiger partial charge in [-0.2, -0.15) is 8.42 Å². The first-order chi connectivity index (χ1) is 15.8. The molecule has 0 aromatic carbocycles. The molecule has 3 aliphatic rings. The molecule has 0 unspecified atom stereocenters. The van der Waals surface area contributed by atoms with Crippen LogP contribution in [-0.4, -0.2) is 52.9 Å². The summed E-state index contributed by atoms with van der Waals surface area (Å²) >= 11 is 0. The first-order valence-corrected chi connectivity index (χ1v) is 13.4. The number of cyclic esters (lactones) is 1. The largest absolute Gasteiger partial charge is 0.462 e. The fraction of sp³-hybridized carbons (Fsp3) is 0.750. The van der Waals surface area contributed by atoms with Crippen LogP contribution < -0.4 is 0 Å².